The maximum absolute atomic E-state index is 10.8. The highest BCUT2D eigenvalue weighted by Gasteiger charge is 2.11. The Morgan fingerprint density at radius 3 is 2.43 bits per heavy atom. The summed E-state index contributed by atoms with van der Waals surface area (Å²) in [6, 6.07) is 12.5. The van der Waals surface area contributed by atoms with Crippen LogP contribution in [0.4, 0.5) is 0 Å². The molecule has 0 aliphatic carbocycles. The fraction of sp³-hybridized carbons (Fsp3) is 0.545. The standard InChI is InChI=1S/C22H34NO4P/c1-2-3-4-5-6-7-14-27-22-12-11-20-16-19(9-10-21(20)17-22)18-23-13-8-15-28(24,25)26/h9-12,16-17,23H,2-8,13-15,18H2,1H3,(H2,24,25,26). The summed E-state index contributed by atoms with van der Waals surface area (Å²) in [7, 11) is -3.88. The Kier molecular flexibility index (Phi) is 10.0. The molecule has 0 atom stereocenters. The van der Waals surface area contributed by atoms with Gasteiger partial charge in [0.2, 0.25) is 0 Å². The van der Waals surface area contributed by atoms with Crippen LogP contribution in [-0.4, -0.2) is 29.1 Å². The molecule has 0 radical (unpaired) electrons. The van der Waals surface area contributed by atoms with E-state index in [0.717, 1.165) is 29.7 Å². The lowest BCUT2D eigenvalue weighted by Gasteiger charge is -2.09. The van der Waals surface area contributed by atoms with Crippen molar-refractivity contribution in [3.8, 4) is 5.75 Å². The third-order valence-electron chi connectivity index (χ3n) is 4.77. The van der Waals surface area contributed by atoms with Crippen molar-refractivity contribution in [3.05, 3.63) is 42.0 Å². The van der Waals surface area contributed by atoms with Gasteiger partial charge in [-0.05, 0) is 53.9 Å². The first-order valence-electron chi connectivity index (χ1n) is 10.4. The molecule has 2 rings (SSSR count). The Bertz CT molecular complexity index is 759. The summed E-state index contributed by atoms with van der Waals surface area (Å²) in [5, 5.41) is 5.56. The molecule has 156 valence electrons. The van der Waals surface area contributed by atoms with Crippen LogP contribution in [-0.2, 0) is 11.1 Å². The monoisotopic (exact) mass is 407 g/mol. The minimum atomic E-state index is -3.88. The lowest BCUT2D eigenvalue weighted by molar-refractivity contribution is 0.305. The molecule has 0 heterocycles. The molecule has 0 fully saturated rings. The summed E-state index contributed by atoms with van der Waals surface area (Å²) in [6.45, 7) is 4.29. The summed E-state index contributed by atoms with van der Waals surface area (Å²) in [5.41, 5.74) is 1.16. The van der Waals surface area contributed by atoms with Gasteiger partial charge in [-0.15, -0.1) is 0 Å². The van der Waals surface area contributed by atoms with Crippen LogP contribution in [0.2, 0.25) is 0 Å². The van der Waals surface area contributed by atoms with Gasteiger partial charge in [0.1, 0.15) is 5.75 Å². The lowest BCUT2D eigenvalue weighted by atomic mass is 10.1. The van der Waals surface area contributed by atoms with Gasteiger partial charge < -0.3 is 19.8 Å². The van der Waals surface area contributed by atoms with Crippen molar-refractivity contribution < 1.29 is 19.1 Å². The normalized spacial score (nSPS) is 11.8. The Morgan fingerprint density at radius 1 is 0.929 bits per heavy atom. The molecule has 0 aromatic heterocycles. The molecule has 0 spiro atoms. The van der Waals surface area contributed by atoms with Crippen LogP contribution in [0, 0.1) is 0 Å². The number of unbranched alkanes of at least 4 members (excludes halogenated alkanes) is 5. The number of nitrogens with one attached hydrogen (secondary N) is 1. The van der Waals surface area contributed by atoms with E-state index in [2.05, 4.69) is 42.6 Å². The largest absolute Gasteiger partial charge is 0.494 e. The minimum absolute atomic E-state index is 0.0702. The van der Waals surface area contributed by atoms with Crippen molar-refractivity contribution in [3.63, 3.8) is 0 Å². The number of hydrogen-bond donors (Lipinski definition) is 3. The molecule has 0 aliphatic heterocycles. The van der Waals surface area contributed by atoms with E-state index in [1.165, 1.54) is 37.5 Å². The summed E-state index contributed by atoms with van der Waals surface area (Å²) in [5.74, 6) is 0.921. The minimum Gasteiger partial charge on any atom is -0.494 e. The Balaban J connectivity index is 1.74. The third-order valence-corrected chi connectivity index (χ3v) is 5.67. The van der Waals surface area contributed by atoms with Gasteiger partial charge in [0.05, 0.1) is 12.8 Å². The van der Waals surface area contributed by atoms with E-state index in [9.17, 15) is 4.57 Å². The van der Waals surface area contributed by atoms with Crippen molar-refractivity contribution in [2.45, 2.75) is 58.4 Å². The van der Waals surface area contributed by atoms with E-state index in [4.69, 9.17) is 14.5 Å². The molecular formula is C22H34NO4P. The molecule has 0 saturated carbocycles. The average molecular weight is 407 g/mol. The van der Waals surface area contributed by atoms with Crippen molar-refractivity contribution in [1.29, 1.82) is 0 Å². The van der Waals surface area contributed by atoms with Gasteiger partial charge >= 0.3 is 7.60 Å². The van der Waals surface area contributed by atoms with Crippen LogP contribution in [0.15, 0.2) is 36.4 Å². The van der Waals surface area contributed by atoms with Gasteiger partial charge in [-0.1, -0.05) is 57.2 Å². The molecule has 2 aromatic rings. The fourth-order valence-corrected chi connectivity index (χ4v) is 3.76. The van der Waals surface area contributed by atoms with Gasteiger partial charge in [0.25, 0.3) is 0 Å². The second kappa shape index (κ2) is 12.2. The van der Waals surface area contributed by atoms with Crippen LogP contribution in [0.3, 0.4) is 0 Å². The van der Waals surface area contributed by atoms with E-state index in [1.807, 2.05) is 6.07 Å². The van der Waals surface area contributed by atoms with Crippen LogP contribution in [0.1, 0.15) is 57.4 Å². The topological polar surface area (TPSA) is 78.8 Å². The van der Waals surface area contributed by atoms with Crippen molar-refractivity contribution in [1.82, 2.24) is 5.32 Å². The van der Waals surface area contributed by atoms with Crippen LogP contribution >= 0.6 is 7.60 Å². The molecule has 2 aromatic carbocycles. The molecule has 3 N–H and O–H groups in total. The maximum Gasteiger partial charge on any atom is 0.325 e. The maximum atomic E-state index is 10.8. The fourth-order valence-electron chi connectivity index (χ4n) is 3.19. The van der Waals surface area contributed by atoms with E-state index in [0.29, 0.717) is 19.5 Å². The summed E-state index contributed by atoms with van der Waals surface area (Å²) >= 11 is 0. The Hall–Kier alpha value is -1.39. The quantitative estimate of drug-likeness (QED) is 0.295. The molecule has 0 amide bonds. The van der Waals surface area contributed by atoms with E-state index >= 15 is 0 Å². The van der Waals surface area contributed by atoms with Crippen LogP contribution in [0.25, 0.3) is 10.8 Å². The zero-order valence-electron chi connectivity index (χ0n) is 16.9. The van der Waals surface area contributed by atoms with Crippen LogP contribution < -0.4 is 10.1 Å². The number of hydrogen-bond acceptors (Lipinski definition) is 3. The predicted molar refractivity (Wildman–Crippen MR) is 116 cm³/mol. The molecule has 0 saturated heterocycles. The highest BCUT2D eigenvalue weighted by atomic mass is 31.2. The summed E-state index contributed by atoms with van der Waals surface area (Å²) < 4.78 is 16.7. The molecule has 0 bridgehead atoms. The zero-order chi connectivity index (χ0) is 20.2. The first-order chi connectivity index (χ1) is 13.5. The molecule has 28 heavy (non-hydrogen) atoms. The first kappa shape index (κ1) is 22.9. The molecular weight excluding hydrogens is 373 g/mol. The Morgan fingerprint density at radius 2 is 1.64 bits per heavy atom. The molecule has 5 nitrogen and oxygen atoms in total. The van der Waals surface area contributed by atoms with Crippen molar-refractivity contribution >= 4 is 18.4 Å². The summed E-state index contributed by atoms with van der Waals surface area (Å²) in [4.78, 5) is 17.7. The second-order valence-corrected chi connectivity index (χ2v) is 9.15. The summed E-state index contributed by atoms with van der Waals surface area (Å²) in [6.07, 6.45) is 7.97. The number of ether oxygens (including phenoxy) is 1. The molecule has 0 unspecified atom stereocenters. The molecule has 0 aliphatic rings. The van der Waals surface area contributed by atoms with Gasteiger partial charge in [0, 0.05) is 6.54 Å². The van der Waals surface area contributed by atoms with Gasteiger partial charge in [-0.3, -0.25) is 4.57 Å². The van der Waals surface area contributed by atoms with Gasteiger partial charge in [-0.25, -0.2) is 0 Å². The van der Waals surface area contributed by atoms with E-state index in [1.54, 1.807) is 0 Å². The smallest absolute Gasteiger partial charge is 0.325 e. The first-order valence-corrected chi connectivity index (χ1v) is 12.2. The highest BCUT2D eigenvalue weighted by molar-refractivity contribution is 7.51. The Labute approximate surface area is 168 Å². The van der Waals surface area contributed by atoms with Gasteiger partial charge in [-0.2, -0.15) is 0 Å². The second-order valence-electron chi connectivity index (χ2n) is 7.38. The van der Waals surface area contributed by atoms with E-state index in [-0.39, 0.29) is 6.16 Å². The third kappa shape index (κ3) is 9.20. The van der Waals surface area contributed by atoms with E-state index < -0.39 is 7.60 Å². The predicted octanol–water partition coefficient (Wildman–Crippen LogP) is 5.24. The zero-order valence-corrected chi connectivity index (χ0v) is 17.8. The number of rotatable bonds is 14. The highest BCUT2D eigenvalue weighted by Crippen LogP contribution is 2.34. The van der Waals surface area contributed by atoms with Gasteiger partial charge in [0.15, 0.2) is 0 Å². The lowest BCUT2D eigenvalue weighted by Crippen LogP contribution is -2.15. The van der Waals surface area contributed by atoms with Crippen LogP contribution in [0.5, 0.6) is 5.75 Å². The van der Waals surface area contributed by atoms with Crippen molar-refractivity contribution in [2.24, 2.45) is 0 Å². The van der Waals surface area contributed by atoms with Crippen molar-refractivity contribution in [2.75, 3.05) is 19.3 Å². The molecule has 6 heteroatoms. The number of fused-ring (bicyclic) bond motifs is 1. The average Bonchev–Trinajstić information content (AvgIpc) is 2.66. The number of benzene rings is 2. The SMILES string of the molecule is CCCCCCCCOc1ccc2cc(CNCCCP(=O)(O)O)ccc2c1.